The Balaban J connectivity index is 1.64. The second kappa shape index (κ2) is 19.3. The Bertz CT molecular complexity index is 734. The SMILES string of the molecule is CCNCCN1CCN(Cc2ccccc2)CCOCCOCCOCCN(Cc2ccccc2)CC1. The first-order valence-corrected chi connectivity index (χ1v) is 14.0. The van der Waals surface area contributed by atoms with Crippen molar-refractivity contribution in [3.63, 3.8) is 0 Å². The fraction of sp³-hybridized carbons (Fsp3) is 0.600. The maximum Gasteiger partial charge on any atom is 0.0701 e. The van der Waals surface area contributed by atoms with Crippen molar-refractivity contribution in [1.82, 2.24) is 20.0 Å². The van der Waals surface area contributed by atoms with Crippen molar-refractivity contribution in [2.45, 2.75) is 20.0 Å². The largest absolute Gasteiger partial charge is 0.378 e. The molecule has 37 heavy (non-hydrogen) atoms. The molecule has 0 radical (unpaired) electrons. The molecule has 0 spiro atoms. The molecule has 2 aromatic rings. The molecule has 7 nitrogen and oxygen atoms in total. The lowest BCUT2D eigenvalue weighted by atomic mass is 10.2. The fourth-order valence-corrected chi connectivity index (χ4v) is 4.47. The number of likely N-dealkylation sites (N-methyl/N-ethyl adjacent to an activating group) is 1. The second-order valence-electron chi connectivity index (χ2n) is 9.56. The molecule has 1 saturated heterocycles. The highest BCUT2D eigenvalue weighted by Crippen LogP contribution is 2.07. The Morgan fingerprint density at radius 2 is 1.00 bits per heavy atom. The van der Waals surface area contributed by atoms with E-state index in [9.17, 15) is 0 Å². The molecule has 0 aliphatic carbocycles. The van der Waals surface area contributed by atoms with Crippen molar-refractivity contribution in [2.24, 2.45) is 0 Å². The molecule has 2 aromatic carbocycles. The van der Waals surface area contributed by atoms with Gasteiger partial charge in [0.05, 0.1) is 39.6 Å². The third-order valence-corrected chi connectivity index (χ3v) is 6.67. The zero-order valence-corrected chi connectivity index (χ0v) is 22.9. The van der Waals surface area contributed by atoms with E-state index in [-0.39, 0.29) is 0 Å². The molecule has 206 valence electrons. The molecule has 7 heteroatoms. The number of nitrogens with zero attached hydrogens (tertiary/aromatic N) is 3. The van der Waals surface area contributed by atoms with Gasteiger partial charge in [-0.2, -0.15) is 0 Å². The first-order valence-electron chi connectivity index (χ1n) is 14.0. The van der Waals surface area contributed by atoms with Crippen LogP contribution in [0.4, 0.5) is 0 Å². The Kier molecular flexibility index (Phi) is 15.5. The summed E-state index contributed by atoms with van der Waals surface area (Å²) in [5.41, 5.74) is 2.70. The van der Waals surface area contributed by atoms with Crippen LogP contribution in [-0.4, -0.2) is 113 Å². The molecule has 1 aliphatic heterocycles. The van der Waals surface area contributed by atoms with Gasteiger partial charge < -0.3 is 19.5 Å². The Morgan fingerprint density at radius 1 is 0.568 bits per heavy atom. The van der Waals surface area contributed by atoms with Crippen molar-refractivity contribution >= 4 is 0 Å². The van der Waals surface area contributed by atoms with Gasteiger partial charge in [-0.15, -0.1) is 0 Å². The van der Waals surface area contributed by atoms with Crippen LogP contribution in [-0.2, 0) is 27.3 Å². The minimum Gasteiger partial charge on any atom is -0.378 e. The highest BCUT2D eigenvalue weighted by molar-refractivity contribution is 5.15. The van der Waals surface area contributed by atoms with Gasteiger partial charge in [-0.3, -0.25) is 14.7 Å². The van der Waals surface area contributed by atoms with Crippen LogP contribution in [0, 0.1) is 0 Å². The van der Waals surface area contributed by atoms with Crippen LogP contribution in [0.2, 0.25) is 0 Å². The summed E-state index contributed by atoms with van der Waals surface area (Å²) >= 11 is 0. The molecule has 3 rings (SSSR count). The molecule has 1 N–H and O–H groups in total. The lowest BCUT2D eigenvalue weighted by Gasteiger charge is -2.30. The van der Waals surface area contributed by atoms with E-state index < -0.39 is 0 Å². The van der Waals surface area contributed by atoms with Crippen molar-refractivity contribution in [3.05, 3.63) is 71.8 Å². The molecule has 0 aromatic heterocycles. The summed E-state index contributed by atoms with van der Waals surface area (Å²) in [6.07, 6.45) is 0. The third kappa shape index (κ3) is 13.5. The van der Waals surface area contributed by atoms with E-state index in [0.717, 1.165) is 85.2 Å². The topological polar surface area (TPSA) is 49.4 Å². The van der Waals surface area contributed by atoms with Crippen LogP contribution >= 0.6 is 0 Å². The van der Waals surface area contributed by atoms with Crippen molar-refractivity contribution < 1.29 is 14.2 Å². The third-order valence-electron chi connectivity index (χ3n) is 6.67. The zero-order chi connectivity index (χ0) is 25.8. The van der Waals surface area contributed by atoms with Gasteiger partial charge in [0.15, 0.2) is 0 Å². The number of hydrogen-bond donors (Lipinski definition) is 1. The van der Waals surface area contributed by atoms with E-state index in [1.807, 2.05) is 0 Å². The first-order chi connectivity index (χ1) is 18.3. The second-order valence-corrected chi connectivity index (χ2v) is 9.56. The summed E-state index contributed by atoms with van der Waals surface area (Å²) in [6.45, 7) is 17.0. The van der Waals surface area contributed by atoms with Gasteiger partial charge in [-0.1, -0.05) is 67.6 Å². The summed E-state index contributed by atoms with van der Waals surface area (Å²) in [4.78, 5) is 7.65. The van der Waals surface area contributed by atoms with E-state index in [0.29, 0.717) is 26.4 Å². The molecule has 1 aliphatic rings. The van der Waals surface area contributed by atoms with Crippen molar-refractivity contribution in [3.8, 4) is 0 Å². The number of ether oxygens (including phenoxy) is 3. The summed E-state index contributed by atoms with van der Waals surface area (Å²) in [7, 11) is 0. The standard InChI is InChI=1S/C30H48N4O3/c1-2-31-13-14-32-15-17-33(27-29-9-5-3-6-10-29)19-21-35-23-25-37-26-24-36-22-20-34(18-16-32)28-30-11-7-4-8-12-30/h3-12,31H,2,13-28H2,1H3. The van der Waals surface area contributed by atoms with Crippen LogP contribution in [0.15, 0.2) is 60.7 Å². The Hall–Kier alpha value is -1.84. The van der Waals surface area contributed by atoms with E-state index in [4.69, 9.17) is 14.2 Å². The van der Waals surface area contributed by atoms with E-state index in [1.54, 1.807) is 0 Å². The van der Waals surface area contributed by atoms with Crippen LogP contribution in [0.5, 0.6) is 0 Å². The van der Waals surface area contributed by atoms with Crippen molar-refractivity contribution in [2.75, 3.05) is 98.5 Å². The Morgan fingerprint density at radius 3 is 1.46 bits per heavy atom. The lowest BCUT2D eigenvalue weighted by Crippen LogP contribution is -2.43. The summed E-state index contributed by atoms with van der Waals surface area (Å²) in [6, 6.07) is 21.5. The molecule has 0 amide bonds. The quantitative estimate of drug-likeness (QED) is 0.546. The molecule has 0 saturated carbocycles. The van der Waals surface area contributed by atoms with Crippen LogP contribution < -0.4 is 5.32 Å². The predicted octanol–water partition coefficient (Wildman–Crippen LogP) is 2.97. The van der Waals surface area contributed by atoms with E-state index in [1.165, 1.54) is 11.1 Å². The number of benzene rings is 2. The molecular formula is C30H48N4O3. The zero-order valence-electron chi connectivity index (χ0n) is 22.9. The molecule has 0 atom stereocenters. The van der Waals surface area contributed by atoms with Crippen LogP contribution in [0.3, 0.4) is 0 Å². The predicted molar refractivity (Wildman–Crippen MR) is 151 cm³/mol. The van der Waals surface area contributed by atoms with Crippen molar-refractivity contribution in [1.29, 1.82) is 0 Å². The first kappa shape index (κ1) is 29.7. The summed E-state index contributed by atoms with van der Waals surface area (Å²) in [5.74, 6) is 0. The molecule has 1 fully saturated rings. The monoisotopic (exact) mass is 512 g/mol. The van der Waals surface area contributed by atoms with Gasteiger partial charge >= 0.3 is 0 Å². The summed E-state index contributed by atoms with van der Waals surface area (Å²) in [5, 5.41) is 3.51. The minimum atomic E-state index is 0.611. The van der Waals surface area contributed by atoms with Gasteiger partial charge in [0.25, 0.3) is 0 Å². The number of hydrogen-bond acceptors (Lipinski definition) is 7. The normalized spacial score (nSPS) is 19.3. The van der Waals surface area contributed by atoms with Crippen LogP contribution in [0.1, 0.15) is 18.1 Å². The summed E-state index contributed by atoms with van der Waals surface area (Å²) < 4.78 is 17.5. The van der Waals surface area contributed by atoms with Gasteiger partial charge in [-0.25, -0.2) is 0 Å². The fourth-order valence-electron chi connectivity index (χ4n) is 4.47. The highest BCUT2D eigenvalue weighted by atomic mass is 16.5. The van der Waals surface area contributed by atoms with Gasteiger partial charge in [-0.05, 0) is 17.7 Å². The van der Waals surface area contributed by atoms with Gasteiger partial charge in [0, 0.05) is 65.4 Å². The van der Waals surface area contributed by atoms with Crippen LogP contribution in [0.25, 0.3) is 0 Å². The molecular weight excluding hydrogens is 464 g/mol. The number of nitrogens with one attached hydrogen (secondary N) is 1. The molecule has 1 heterocycles. The van der Waals surface area contributed by atoms with E-state index >= 15 is 0 Å². The minimum absolute atomic E-state index is 0.611. The maximum absolute atomic E-state index is 5.89. The smallest absolute Gasteiger partial charge is 0.0701 e. The van der Waals surface area contributed by atoms with Gasteiger partial charge in [0.1, 0.15) is 0 Å². The van der Waals surface area contributed by atoms with E-state index in [2.05, 4.69) is 87.6 Å². The molecule has 0 bridgehead atoms. The Labute approximate surface area is 224 Å². The highest BCUT2D eigenvalue weighted by Gasteiger charge is 2.13. The average Bonchev–Trinajstić information content (AvgIpc) is 2.93. The lowest BCUT2D eigenvalue weighted by molar-refractivity contribution is 0.00446. The molecule has 0 unspecified atom stereocenters. The maximum atomic E-state index is 5.89. The average molecular weight is 513 g/mol. The number of rotatable bonds is 8. The van der Waals surface area contributed by atoms with Gasteiger partial charge in [0.2, 0.25) is 0 Å².